The maximum atomic E-state index is 13.2. The molecule has 0 aliphatic rings. The highest BCUT2D eigenvalue weighted by molar-refractivity contribution is 6.32. The smallest absolute Gasteiger partial charge is 0.419 e. The Labute approximate surface area is 123 Å². The summed E-state index contributed by atoms with van der Waals surface area (Å²) in [6.07, 6.45) is -4.79. The zero-order valence-electron chi connectivity index (χ0n) is 10.5. The lowest BCUT2D eigenvalue weighted by molar-refractivity contribution is -0.140. The first-order valence-electron chi connectivity index (χ1n) is 5.84. The summed E-state index contributed by atoms with van der Waals surface area (Å²) < 4.78 is 56.3. The molecule has 2 rings (SSSR count). The number of alkyl halides is 3. The Kier molecular flexibility index (Phi) is 4.39. The van der Waals surface area contributed by atoms with Gasteiger partial charge in [0, 0.05) is 6.54 Å². The van der Waals surface area contributed by atoms with Gasteiger partial charge in [-0.1, -0.05) is 17.7 Å². The maximum Gasteiger partial charge on any atom is 0.419 e. The van der Waals surface area contributed by atoms with Crippen LogP contribution in [0.25, 0.3) is 0 Å². The van der Waals surface area contributed by atoms with Crippen LogP contribution in [0.2, 0.25) is 5.02 Å². The van der Waals surface area contributed by atoms with Crippen LogP contribution in [0.3, 0.4) is 0 Å². The molecule has 2 N–H and O–H groups in total. The molecule has 0 aliphatic carbocycles. The Morgan fingerprint density at radius 3 is 2.38 bits per heavy atom. The molecule has 112 valence electrons. The minimum Gasteiger partial charge on any atom is -0.456 e. The number of ether oxygens (including phenoxy) is 1. The van der Waals surface area contributed by atoms with E-state index >= 15 is 0 Å². The van der Waals surface area contributed by atoms with Crippen molar-refractivity contribution in [3.63, 3.8) is 0 Å². The zero-order valence-corrected chi connectivity index (χ0v) is 11.3. The third kappa shape index (κ3) is 3.65. The summed E-state index contributed by atoms with van der Waals surface area (Å²) in [6.45, 7) is 0.273. The summed E-state index contributed by atoms with van der Waals surface area (Å²) in [7, 11) is 0. The summed E-state index contributed by atoms with van der Waals surface area (Å²) in [6, 6.07) is 7.04. The fourth-order valence-corrected chi connectivity index (χ4v) is 1.91. The molecule has 0 fully saturated rings. The summed E-state index contributed by atoms with van der Waals surface area (Å²) >= 11 is 5.94. The number of hydrogen-bond acceptors (Lipinski definition) is 2. The lowest BCUT2D eigenvalue weighted by Gasteiger charge is -2.12. The van der Waals surface area contributed by atoms with Gasteiger partial charge in [0.25, 0.3) is 0 Å². The second-order valence-electron chi connectivity index (χ2n) is 4.21. The van der Waals surface area contributed by atoms with Gasteiger partial charge < -0.3 is 10.5 Å². The molecule has 0 atom stereocenters. The molecule has 0 unspecified atom stereocenters. The molecule has 0 heterocycles. The van der Waals surface area contributed by atoms with Gasteiger partial charge in [0.05, 0.1) is 10.6 Å². The lowest BCUT2D eigenvalue weighted by atomic mass is 10.2. The van der Waals surface area contributed by atoms with Crippen molar-refractivity contribution >= 4 is 11.6 Å². The Morgan fingerprint density at radius 1 is 1.10 bits per heavy atom. The number of hydrogen-bond donors (Lipinski definition) is 1. The average molecular weight is 320 g/mol. The fourth-order valence-electron chi connectivity index (χ4n) is 1.67. The quantitative estimate of drug-likeness (QED) is 0.829. The lowest BCUT2D eigenvalue weighted by Crippen LogP contribution is -2.08. The van der Waals surface area contributed by atoms with E-state index in [-0.39, 0.29) is 23.1 Å². The summed E-state index contributed by atoms with van der Waals surface area (Å²) in [5, 5.41) is 0.204. The molecule has 2 aromatic rings. The summed E-state index contributed by atoms with van der Waals surface area (Å²) in [5.74, 6) is -1.36. The van der Waals surface area contributed by atoms with Gasteiger partial charge in [0.2, 0.25) is 0 Å². The van der Waals surface area contributed by atoms with Crippen molar-refractivity contribution in [2.45, 2.75) is 12.7 Å². The monoisotopic (exact) mass is 319 g/mol. The molecular weight excluding hydrogens is 310 g/mol. The van der Waals surface area contributed by atoms with E-state index in [1.54, 1.807) is 12.1 Å². The first-order chi connectivity index (χ1) is 9.81. The van der Waals surface area contributed by atoms with Crippen LogP contribution in [0.15, 0.2) is 36.4 Å². The molecule has 2 aromatic carbocycles. The molecule has 0 aromatic heterocycles. The van der Waals surface area contributed by atoms with Crippen molar-refractivity contribution in [3.8, 4) is 11.5 Å². The van der Waals surface area contributed by atoms with Crippen LogP contribution in [-0.4, -0.2) is 0 Å². The van der Waals surface area contributed by atoms with E-state index < -0.39 is 17.6 Å². The van der Waals surface area contributed by atoms with E-state index in [9.17, 15) is 17.6 Å². The van der Waals surface area contributed by atoms with Crippen molar-refractivity contribution in [2.75, 3.05) is 0 Å². The van der Waals surface area contributed by atoms with Crippen molar-refractivity contribution in [3.05, 3.63) is 58.4 Å². The highest BCUT2D eigenvalue weighted by Crippen LogP contribution is 2.36. The maximum absolute atomic E-state index is 13.2. The summed E-state index contributed by atoms with van der Waals surface area (Å²) in [4.78, 5) is 0. The number of rotatable bonds is 3. The molecular formula is C14H10ClF4NO. The predicted octanol–water partition coefficient (Wildman–Crippen LogP) is 4.75. The molecule has 7 heteroatoms. The van der Waals surface area contributed by atoms with Crippen LogP contribution in [0.5, 0.6) is 11.5 Å². The molecule has 0 amide bonds. The van der Waals surface area contributed by atoms with E-state index in [1.165, 1.54) is 6.07 Å². The fraction of sp³-hybridized carbons (Fsp3) is 0.143. The molecule has 0 saturated heterocycles. The van der Waals surface area contributed by atoms with E-state index in [4.69, 9.17) is 22.1 Å². The first-order valence-corrected chi connectivity index (χ1v) is 6.22. The van der Waals surface area contributed by atoms with Crippen molar-refractivity contribution < 1.29 is 22.3 Å². The Morgan fingerprint density at radius 2 is 1.81 bits per heavy atom. The largest absolute Gasteiger partial charge is 0.456 e. The molecule has 0 bridgehead atoms. The standard InChI is InChI=1S/C14H10ClF4NO/c15-11-5-8(7-20)1-4-13(11)21-9-2-3-12(16)10(6-9)14(17,18)19/h1-6H,7,20H2. The van der Waals surface area contributed by atoms with Gasteiger partial charge in [-0.15, -0.1) is 0 Å². The third-order valence-electron chi connectivity index (χ3n) is 2.70. The Bertz CT molecular complexity index is 658. The Balaban J connectivity index is 2.32. The average Bonchev–Trinajstić information content (AvgIpc) is 2.41. The van der Waals surface area contributed by atoms with Gasteiger partial charge in [-0.05, 0) is 35.9 Å². The number of halogens is 5. The minimum atomic E-state index is -4.79. The van der Waals surface area contributed by atoms with Gasteiger partial charge in [-0.3, -0.25) is 0 Å². The van der Waals surface area contributed by atoms with Crippen LogP contribution in [0.1, 0.15) is 11.1 Å². The van der Waals surface area contributed by atoms with Crippen molar-refractivity contribution in [1.82, 2.24) is 0 Å². The second kappa shape index (κ2) is 5.91. The number of benzene rings is 2. The normalized spacial score (nSPS) is 11.5. The molecule has 0 radical (unpaired) electrons. The van der Waals surface area contributed by atoms with Crippen LogP contribution >= 0.6 is 11.6 Å². The summed E-state index contributed by atoms with van der Waals surface area (Å²) in [5.41, 5.74) is 4.80. The molecule has 0 aliphatic heterocycles. The van der Waals surface area contributed by atoms with E-state index in [2.05, 4.69) is 0 Å². The van der Waals surface area contributed by atoms with Crippen molar-refractivity contribution in [1.29, 1.82) is 0 Å². The van der Waals surface area contributed by atoms with Crippen LogP contribution in [-0.2, 0) is 12.7 Å². The van der Waals surface area contributed by atoms with Gasteiger partial charge in [-0.2, -0.15) is 13.2 Å². The van der Waals surface area contributed by atoms with Crippen LogP contribution < -0.4 is 10.5 Å². The van der Waals surface area contributed by atoms with E-state index in [1.807, 2.05) is 0 Å². The third-order valence-corrected chi connectivity index (χ3v) is 3.00. The highest BCUT2D eigenvalue weighted by Gasteiger charge is 2.34. The Hall–Kier alpha value is -1.79. The predicted molar refractivity (Wildman–Crippen MR) is 70.8 cm³/mol. The van der Waals surface area contributed by atoms with Gasteiger partial charge in [0.15, 0.2) is 0 Å². The minimum absolute atomic E-state index is 0.161. The first kappa shape index (κ1) is 15.6. The van der Waals surface area contributed by atoms with Crippen LogP contribution in [0.4, 0.5) is 17.6 Å². The van der Waals surface area contributed by atoms with E-state index in [0.29, 0.717) is 12.1 Å². The molecule has 2 nitrogen and oxygen atoms in total. The van der Waals surface area contributed by atoms with Crippen LogP contribution in [0, 0.1) is 5.82 Å². The zero-order chi connectivity index (χ0) is 15.6. The SMILES string of the molecule is NCc1ccc(Oc2ccc(F)c(C(F)(F)F)c2)c(Cl)c1. The van der Waals surface area contributed by atoms with Gasteiger partial charge in [0.1, 0.15) is 17.3 Å². The topological polar surface area (TPSA) is 35.2 Å². The van der Waals surface area contributed by atoms with Crippen molar-refractivity contribution in [2.24, 2.45) is 5.73 Å². The van der Waals surface area contributed by atoms with Gasteiger partial charge >= 0.3 is 6.18 Å². The molecule has 0 spiro atoms. The van der Waals surface area contributed by atoms with Gasteiger partial charge in [-0.25, -0.2) is 4.39 Å². The second-order valence-corrected chi connectivity index (χ2v) is 4.62. The highest BCUT2D eigenvalue weighted by atomic mass is 35.5. The molecule has 21 heavy (non-hydrogen) atoms. The molecule has 0 saturated carbocycles. The number of nitrogens with two attached hydrogens (primary N) is 1. The van der Waals surface area contributed by atoms with E-state index in [0.717, 1.165) is 11.6 Å².